The molecule has 1 aliphatic heterocycles. The third-order valence-corrected chi connectivity index (χ3v) is 6.12. The second-order valence-electron chi connectivity index (χ2n) is 7.86. The first-order chi connectivity index (χ1) is 13.7. The van der Waals surface area contributed by atoms with Crippen molar-refractivity contribution in [1.29, 1.82) is 0 Å². The molecule has 1 saturated heterocycles. The Labute approximate surface area is 166 Å². The van der Waals surface area contributed by atoms with E-state index in [1.807, 2.05) is 29.2 Å². The summed E-state index contributed by atoms with van der Waals surface area (Å²) in [4.78, 5) is 32.4. The predicted molar refractivity (Wildman–Crippen MR) is 108 cm³/mol. The van der Waals surface area contributed by atoms with E-state index in [0.717, 1.165) is 80.1 Å². The van der Waals surface area contributed by atoms with Gasteiger partial charge in [-0.25, -0.2) is 4.79 Å². The smallest absolute Gasteiger partial charge is 0.339 e. The maximum absolute atomic E-state index is 13.0. The van der Waals surface area contributed by atoms with Gasteiger partial charge in [-0.2, -0.15) is 0 Å². The number of carbonyl (C=O) groups is 2. The number of piperidine rings is 1. The number of rotatable bonds is 4. The van der Waals surface area contributed by atoms with Crippen molar-refractivity contribution in [2.75, 3.05) is 13.2 Å². The molecule has 4 rings (SSSR count). The molecule has 1 fully saturated rings. The highest BCUT2D eigenvalue weighted by Crippen LogP contribution is 2.30. The van der Waals surface area contributed by atoms with E-state index >= 15 is 0 Å². The van der Waals surface area contributed by atoms with Gasteiger partial charge in [-0.05, 0) is 63.0 Å². The van der Waals surface area contributed by atoms with Crippen molar-refractivity contribution in [2.45, 2.75) is 64.3 Å². The highest BCUT2D eigenvalue weighted by Gasteiger charge is 2.28. The first-order valence-corrected chi connectivity index (χ1v) is 10.6. The summed E-state index contributed by atoms with van der Waals surface area (Å²) in [5.41, 5.74) is 3.44. The molecule has 5 heteroatoms. The number of ether oxygens (including phenoxy) is 1. The molecule has 148 valence electrons. The van der Waals surface area contributed by atoms with E-state index in [1.165, 1.54) is 0 Å². The number of benzene rings is 1. The molecular formula is C23H28N2O3. The van der Waals surface area contributed by atoms with Gasteiger partial charge in [0.05, 0.1) is 11.1 Å². The number of amides is 1. The fourth-order valence-electron chi connectivity index (χ4n) is 4.64. The molecule has 28 heavy (non-hydrogen) atoms. The SMILES string of the molecule is CCC1CCCCN1C(=O)COC(=O)c1c2c(nc3ccccc13)CCCC2. The molecule has 0 spiro atoms. The number of esters is 1. The summed E-state index contributed by atoms with van der Waals surface area (Å²) in [5.74, 6) is -0.470. The molecule has 1 unspecified atom stereocenters. The van der Waals surface area contributed by atoms with E-state index < -0.39 is 5.97 Å². The quantitative estimate of drug-likeness (QED) is 0.751. The number of likely N-dealkylation sites (tertiary alicyclic amines) is 1. The highest BCUT2D eigenvalue weighted by molar-refractivity contribution is 6.05. The molecule has 1 aliphatic carbocycles. The lowest BCUT2D eigenvalue weighted by atomic mass is 9.90. The minimum absolute atomic E-state index is 0.0767. The van der Waals surface area contributed by atoms with Crippen molar-refractivity contribution in [1.82, 2.24) is 9.88 Å². The number of nitrogens with zero attached hydrogens (tertiary/aromatic N) is 2. The van der Waals surface area contributed by atoms with Crippen LogP contribution in [0.1, 0.15) is 67.1 Å². The van der Waals surface area contributed by atoms with Crippen LogP contribution in [-0.4, -0.2) is 41.0 Å². The number of aryl methyl sites for hydroxylation is 1. The zero-order chi connectivity index (χ0) is 19.5. The lowest BCUT2D eigenvalue weighted by Crippen LogP contribution is -2.45. The van der Waals surface area contributed by atoms with Gasteiger partial charge in [-0.1, -0.05) is 25.1 Å². The van der Waals surface area contributed by atoms with Crippen LogP contribution in [0.4, 0.5) is 0 Å². The van der Waals surface area contributed by atoms with Crippen molar-refractivity contribution < 1.29 is 14.3 Å². The summed E-state index contributed by atoms with van der Waals surface area (Å²) in [5, 5.41) is 0.824. The summed E-state index contributed by atoms with van der Waals surface area (Å²) in [7, 11) is 0. The van der Waals surface area contributed by atoms with E-state index in [0.29, 0.717) is 5.56 Å². The van der Waals surface area contributed by atoms with Gasteiger partial charge >= 0.3 is 5.97 Å². The maximum Gasteiger partial charge on any atom is 0.339 e. The summed E-state index contributed by atoms with van der Waals surface area (Å²) in [6.45, 7) is 2.70. The molecule has 1 atom stereocenters. The average Bonchev–Trinajstić information content (AvgIpc) is 2.75. The Kier molecular flexibility index (Phi) is 5.60. The minimum atomic E-state index is -0.393. The molecule has 2 aliphatic rings. The fraction of sp³-hybridized carbons (Fsp3) is 0.522. The number of aromatic nitrogens is 1. The number of carbonyl (C=O) groups excluding carboxylic acids is 2. The Balaban J connectivity index is 1.56. The van der Waals surface area contributed by atoms with Crippen LogP contribution in [0.5, 0.6) is 0 Å². The van der Waals surface area contributed by atoms with Crippen molar-refractivity contribution in [2.24, 2.45) is 0 Å². The van der Waals surface area contributed by atoms with E-state index in [4.69, 9.17) is 9.72 Å². The number of hydrogen-bond donors (Lipinski definition) is 0. The Hall–Kier alpha value is -2.43. The standard InChI is InChI=1S/C23H28N2O3/c1-2-16-9-7-8-14-25(16)21(26)15-28-23(27)22-17-10-3-5-12-19(17)24-20-13-6-4-11-18(20)22/h3,5,10,12,16H,2,4,6-9,11,13-15H2,1H3. The van der Waals surface area contributed by atoms with Crippen molar-refractivity contribution in [3.8, 4) is 0 Å². The Morgan fingerprint density at radius 2 is 1.96 bits per heavy atom. The second-order valence-corrected chi connectivity index (χ2v) is 7.86. The minimum Gasteiger partial charge on any atom is -0.452 e. The molecule has 5 nitrogen and oxygen atoms in total. The lowest BCUT2D eigenvalue weighted by molar-refractivity contribution is -0.138. The van der Waals surface area contributed by atoms with Crippen LogP contribution in [0.3, 0.4) is 0 Å². The van der Waals surface area contributed by atoms with E-state index in [1.54, 1.807) is 0 Å². The molecule has 0 saturated carbocycles. The lowest BCUT2D eigenvalue weighted by Gasteiger charge is -2.35. The number of fused-ring (bicyclic) bond motifs is 2. The number of hydrogen-bond acceptors (Lipinski definition) is 4. The van der Waals surface area contributed by atoms with Crippen LogP contribution in [0.15, 0.2) is 24.3 Å². The second kappa shape index (κ2) is 8.29. The van der Waals surface area contributed by atoms with Gasteiger partial charge in [0.2, 0.25) is 0 Å². The van der Waals surface area contributed by atoms with Crippen LogP contribution in [0.2, 0.25) is 0 Å². The van der Waals surface area contributed by atoms with Gasteiger partial charge in [0.25, 0.3) is 5.91 Å². The molecule has 1 aromatic heterocycles. The zero-order valence-corrected chi connectivity index (χ0v) is 16.6. The van der Waals surface area contributed by atoms with Gasteiger partial charge in [-0.15, -0.1) is 0 Å². The number of pyridine rings is 1. The Morgan fingerprint density at radius 1 is 1.14 bits per heavy atom. The molecule has 2 aromatic rings. The van der Waals surface area contributed by atoms with Gasteiger partial charge in [0, 0.05) is 23.7 Å². The van der Waals surface area contributed by atoms with Crippen LogP contribution >= 0.6 is 0 Å². The van der Waals surface area contributed by atoms with Crippen molar-refractivity contribution in [3.05, 3.63) is 41.1 Å². The summed E-state index contributed by atoms with van der Waals surface area (Å²) in [6.07, 6.45) is 8.06. The summed E-state index contributed by atoms with van der Waals surface area (Å²) < 4.78 is 5.55. The Bertz CT molecular complexity index is 893. The van der Waals surface area contributed by atoms with E-state index in [2.05, 4.69) is 6.92 Å². The van der Waals surface area contributed by atoms with Crippen molar-refractivity contribution in [3.63, 3.8) is 0 Å². The highest BCUT2D eigenvalue weighted by atomic mass is 16.5. The van der Waals surface area contributed by atoms with Crippen LogP contribution < -0.4 is 0 Å². The predicted octanol–water partition coefficient (Wildman–Crippen LogP) is 4.06. The van der Waals surface area contributed by atoms with Crippen LogP contribution in [0.25, 0.3) is 10.9 Å². The third kappa shape index (κ3) is 3.62. The Morgan fingerprint density at radius 3 is 2.82 bits per heavy atom. The van der Waals surface area contributed by atoms with Gasteiger partial charge < -0.3 is 9.64 Å². The van der Waals surface area contributed by atoms with Gasteiger partial charge in [-0.3, -0.25) is 9.78 Å². The number of para-hydroxylation sites is 1. The molecule has 1 amide bonds. The van der Waals surface area contributed by atoms with Gasteiger partial charge in [0.1, 0.15) is 0 Å². The van der Waals surface area contributed by atoms with Crippen molar-refractivity contribution >= 4 is 22.8 Å². The third-order valence-electron chi connectivity index (χ3n) is 6.12. The topological polar surface area (TPSA) is 59.5 Å². The summed E-state index contributed by atoms with van der Waals surface area (Å²) in [6, 6.07) is 7.99. The van der Waals surface area contributed by atoms with Crippen LogP contribution in [0, 0.1) is 0 Å². The normalized spacial score (nSPS) is 19.3. The molecule has 0 bridgehead atoms. The average molecular weight is 380 g/mol. The van der Waals surface area contributed by atoms with E-state index in [-0.39, 0.29) is 18.6 Å². The molecule has 1 aromatic carbocycles. The zero-order valence-electron chi connectivity index (χ0n) is 16.6. The molecule has 2 heterocycles. The largest absolute Gasteiger partial charge is 0.452 e. The molecular weight excluding hydrogens is 352 g/mol. The first kappa shape index (κ1) is 18.9. The fourth-order valence-corrected chi connectivity index (χ4v) is 4.64. The summed E-state index contributed by atoms with van der Waals surface area (Å²) >= 11 is 0. The first-order valence-electron chi connectivity index (χ1n) is 10.6. The van der Waals surface area contributed by atoms with Crippen LogP contribution in [-0.2, 0) is 22.4 Å². The van der Waals surface area contributed by atoms with Gasteiger partial charge in [0.15, 0.2) is 6.61 Å². The molecule has 0 N–H and O–H groups in total. The van der Waals surface area contributed by atoms with E-state index in [9.17, 15) is 9.59 Å². The maximum atomic E-state index is 13.0. The molecule has 0 radical (unpaired) electrons. The monoisotopic (exact) mass is 380 g/mol.